The molecule has 0 radical (unpaired) electrons. The second-order valence-electron chi connectivity index (χ2n) is 9.39. The lowest BCUT2D eigenvalue weighted by molar-refractivity contribution is -0.142. The molecule has 5 heterocycles. The number of halogens is 3. The van der Waals surface area contributed by atoms with E-state index in [2.05, 4.69) is 25.4 Å². The number of alkyl halides is 3. The highest BCUT2D eigenvalue weighted by Gasteiger charge is 2.29. The van der Waals surface area contributed by atoms with Crippen LogP contribution < -0.4 is 16.0 Å². The van der Waals surface area contributed by atoms with Crippen molar-refractivity contribution in [1.29, 1.82) is 0 Å². The van der Waals surface area contributed by atoms with Crippen LogP contribution >= 0.6 is 0 Å². The minimum absolute atomic E-state index is 0.0181. The zero-order valence-corrected chi connectivity index (χ0v) is 20.1. The van der Waals surface area contributed by atoms with Crippen molar-refractivity contribution in [3.05, 3.63) is 43.0 Å². The normalized spacial score (nSPS) is 16.8. The first kappa shape index (κ1) is 24.0. The molecule has 4 aromatic heterocycles. The molecule has 1 aliphatic rings. The lowest BCUT2D eigenvalue weighted by Gasteiger charge is -2.34. The van der Waals surface area contributed by atoms with Gasteiger partial charge in [0.15, 0.2) is 5.65 Å². The van der Waals surface area contributed by atoms with Crippen LogP contribution in [-0.2, 0) is 6.54 Å². The van der Waals surface area contributed by atoms with Crippen LogP contribution in [0.3, 0.4) is 0 Å². The molecule has 0 saturated carbocycles. The van der Waals surface area contributed by atoms with Crippen molar-refractivity contribution in [1.82, 2.24) is 29.5 Å². The summed E-state index contributed by atoms with van der Waals surface area (Å²) in [5, 5.41) is 12.5. The minimum Gasteiger partial charge on any atom is -0.369 e. The number of hydrogen-bond acceptors (Lipinski definition) is 7. The third-order valence-electron chi connectivity index (χ3n) is 6.16. The highest BCUT2D eigenvalue weighted by molar-refractivity contribution is 5.81. The van der Waals surface area contributed by atoms with Crippen LogP contribution in [-0.4, -0.2) is 54.8 Å². The Morgan fingerprint density at radius 3 is 2.72 bits per heavy atom. The fourth-order valence-corrected chi connectivity index (χ4v) is 4.50. The summed E-state index contributed by atoms with van der Waals surface area (Å²) < 4.78 is 41.3. The van der Waals surface area contributed by atoms with Gasteiger partial charge in [0, 0.05) is 65.8 Å². The third kappa shape index (κ3) is 5.13. The van der Waals surface area contributed by atoms with Crippen molar-refractivity contribution in [3.63, 3.8) is 0 Å². The van der Waals surface area contributed by atoms with Gasteiger partial charge < -0.3 is 16.0 Å². The summed E-state index contributed by atoms with van der Waals surface area (Å²) in [6.07, 6.45) is 3.78. The monoisotopic (exact) mass is 499 g/mol. The molecule has 3 N–H and O–H groups in total. The van der Waals surface area contributed by atoms with Crippen molar-refractivity contribution >= 4 is 28.4 Å². The Balaban J connectivity index is 1.49. The first-order valence-corrected chi connectivity index (χ1v) is 11.9. The topological polar surface area (TPSA) is 103 Å². The summed E-state index contributed by atoms with van der Waals surface area (Å²) in [5.74, 6) is 1.18. The molecule has 0 bridgehead atoms. The number of hydrogen-bond donors (Lipinski definition) is 2. The predicted octanol–water partition coefficient (Wildman–Crippen LogP) is 4.50. The highest BCUT2D eigenvalue weighted by Crippen LogP contribution is 2.34. The molecule has 4 aromatic rings. The van der Waals surface area contributed by atoms with Gasteiger partial charge in [-0.1, -0.05) is 0 Å². The van der Waals surface area contributed by atoms with E-state index in [0.29, 0.717) is 29.3 Å². The van der Waals surface area contributed by atoms with Gasteiger partial charge in [0.1, 0.15) is 18.2 Å². The largest absolute Gasteiger partial charge is 0.408 e. The SMILES string of the molecule is CC(C)n1ncc2ccc(Nc3cc(N4CCC[C@H](N)C4)c(-c4cnn(CC(F)(F)F)c4)cn3)nc21. The van der Waals surface area contributed by atoms with Gasteiger partial charge in [0.25, 0.3) is 0 Å². The molecule has 12 heteroatoms. The van der Waals surface area contributed by atoms with E-state index in [1.165, 1.54) is 12.4 Å². The molecule has 0 aliphatic carbocycles. The Morgan fingerprint density at radius 2 is 1.97 bits per heavy atom. The van der Waals surface area contributed by atoms with E-state index in [1.807, 2.05) is 36.7 Å². The number of rotatable bonds is 6. The summed E-state index contributed by atoms with van der Waals surface area (Å²) in [7, 11) is 0. The molecule has 5 rings (SSSR count). The van der Waals surface area contributed by atoms with Gasteiger partial charge in [-0.05, 0) is 38.8 Å². The fraction of sp³-hybridized carbons (Fsp3) is 0.417. The predicted molar refractivity (Wildman–Crippen MR) is 132 cm³/mol. The quantitative estimate of drug-likeness (QED) is 0.403. The fourth-order valence-electron chi connectivity index (χ4n) is 4.50. The number of anilines is 3. The van der Waals surface area contributed by atoms with E-state index in [4.69, 9.17) is 10.7 Å². The maximum absolute atomic E-state index is 12.9. The molecule has 0 aromatic carbocycles. The summed E-state index contributed by atoms with van der Waals surface area (Å²) in [5.41, 5.74) is 9.10. The Hall–Kier alpha value is -3.67. The summed E-state index contributed by atoms with van der Waals surface area (Å²) in [4.78, 5) is 11.4. The minimum atomic E-state index is -4.35. The molecule has 0 unspecified atom stereocenters. The number of fused-ring (bicyclic) bond motifs is 1. The van der Waals surface area contributed by atoms with Crippen molar-refractivity contribution in [3.8, 4) is 11.1 Å². The number of aromatic nitrogens is 6. The average molecular weight is 500 g/mol. The zero-order chi connectivity index (χ0) is 25.4. The number of piperidine rings is 1. The van der Waals surface area contributed by atoms with Gasteiger partial charge in [0.2, 0.25) is 0 Å². The van der Waals surface area contributed by atoms with Crippen molar-refractivity contribution in [2.75, 3.05) is 23.3 Å². The van der Waals surface area contributed by atoms with Crippen LogP contribution in [0.5, 0.6) is 0 Å². The molecule has 190 valence electrons. The molecule has 36 heavy (non-hydrogen) atoms. The van der Waals surface area contributed by atoms with Crippen molar-refractivity contribution in [2.24, 2.45) is 5.73 Å². The van der Waals surface area contributed by atoms with Gasteiger partial charge in [-0.3, -0.25) is 4.68 Å². The standard InChI is InChI=1S/C24H28F3N9/c1-15(2)36-23-16(9-31-36)5-6-21(33-23)32-22-8-20(34-7-3-4-18(28)13-34)19(11-29-22)17-10-30-35(12-17)14-24(25,26)27/h5-6,8-12,15,18H,3-4,7,13-14,28H2,1-2H3,(H,29,32,33)/t18-/m0/s1. The maximum atomic E-state index is 12.9. The van der Waals surface area contributed by atoms with E-state index in [9.17, 15) is 13.2 Å². The van der Waals surface area contributed by atoms with Gasteiger partial charge >= 0.3 is 6.18 Å². The first-order valence-electron chi connectivity index (χ1n) is 11.9. The Morgan fingerprint density at radius 1 is 1.14 bits per heavy atom. The van der Waals surface area contributed by atoms with Gasteiger partial charge in [-0.25, -0.2) is 14.6 Å². The summed E-state index contributed by atoms with van der Waals surface area (Å²) >= 11 is 0. The van der Waals surface area contributed by atoms with E-state index < -0.39 is 12.7 Å². The summed E-state index contributed by atoms with van der Waals surface area (Å²) in [6, 6.07) is 5.88. The van der Waals surface area contributed by atoms with E-state index in [1.54, 1.807) is 12.4 Å². The van der Waals surface area contributed by atoms with Crippen LogP contribution in [0.2, 0.25) is 0 Å². The Bertz CT molecular complexity index is 1360. The van der Waals surface area contributed by atoms with Gasteiger partial charge in [0.05, 0.1) is 12.4 Å². The first-order chi connectivity index (χ1) is 17.2. The Labute approximate surface area is 206 Å². The van der Waals surface area contributed by atoms with E-state index >= 15 is 0 Å². The van der Waals surface area contributed by atoms with Gasteiger partial charge in [-0.15, -0.1) is 0 Å². The molecule has 1 saturated heterocycles. The zero-order valence-electron chi connectivity index (χ0n) is 20.1. The van der Waals surface area contributed by atoms with E-state index in [0.717, 1.165) is 40.8 Å². The molecule has 9 nitrogen and oxygen atoms in total. The molecular formula is C24H28F3N9. The second-order valence-corrected chi connectivity index (χ2v) is 9.39. The van der Waals surface area contributed by atoms with Crippen molar-refractivity contribution < 1.29 is 13.2 Å². The third-order valence-corrected chi connectivity index (χ3v) is 6.16. The highest BCUT2D eigenvalue weighted by atomic mass is 19.4. The van der Waals surface area contributed by atoms with E-state index in [-0.39, 0.29) is 12.1 Å². The molecule has 1 aliphatic heterocycles. The van der Waals surface area contributed by atoms with Crippen LogP contribution in [0.25, 0.3) is 22.2 Å². The lowest BCUT2D eigenvalue weighted by atomic mass is 10.0. The maximum Gasteiger partial charge on any atom is 0.408 e. The molecule has 1 fully saturated rings. The number of pyridine rings is 2. The molecular weight excluding hydrogens is 471 g/mol. The number of nitrogens with two attached hydrogens (primary N) is 1. The van der Waals surface area contributed by atoms with Crippen molar-refractivity contribution in [2.45, 2.75) is 51.5 Å². The van der Waals surface area contributed by atoms with Crippen LogP contribution in [0, 0.1) is 0 Å². The molecule has 0 amide bonds. The molecule has 1 atom stereocenters. The smallest absolute Gasteiger partial charge is 0.369 e. The molecule has 0 spiro atoms. The van der Waals surface area contributed by atoms with Gasteiger partial charge in [-0.2, -0.15) is 23.4 Å². The van der Waals surface area contributed by atoms with Crippen LogP contribution in [0.1, 0.15) is 32.7 Å². The van der Waals surface area contributed by atoms with Crippen LogP contribution in [0.4, 0.5) is 30.5 Å². The Kier molecular flexibility index (Phi) is 6.29. The number of nitrogens with one attached hydrogen (secondary N) is 1. The number of nitrogens with zero attached hydrogens (tertiary/aromatic N) is 7. The summed E-state index contributed by atoms with van der Waals surface area (Å²) in [6.45, 7) is 4.37. The lowest BCUT2D eigenvalue weighted by Crippen LogP contribution is -2.43. The van der Waals surface area contributed by atoms with Crippen LogP contribution in [0.15, 0.2) is 43.0 Å². The average Bonchev–Trinajstić information content (AvgIpc) is 3.44. The second kappa shape index (κ2) is 9.41.